The molecule has 2 aliphatic heterocycles. The predicted octanol–water partition coefficient (Wildman–Crippen LogP) is 1.80. The van der Waals surface area contributed by atoms with Crippen LogP contribution in [0.25, 0.3) is 0 Å². The van der Waals surface area contributed by atoms with Gasteiger partial charge in [0.2, 0.25) is 0 Å². The van der Waals surface area contributed by atoms with Crippen molar-refractivity contribution in [3.63, 3.8) is 0 Å². The van der Waals surface area contributed by atoms with Crippen LogP contribution in [-0.4, -0.2) is 24.3 Å². The molecule has 3 rings (SSSR count). The lowest BCUT2D eigenvalue weighted by atomic mass is 9.96. The Labute approximate surface area is 102 Å². The minimum absolute atomic E-state index is 0.220. The fourth-order valence-electron chi connectivity index (χ4n) is 2.78. The first-order chi connectivity index (χ1) is 8.34. The monoisotopic (exact) mass is 233 g/mol. The van der Waals surface area contributed by atoms with E-state index in [1.54, 1.807) is 0 Å². The quantitative estimate of drug-likeness (QED) is 0.818. The summed E-state index contributed by atoms with van der Waals surface area (Å²) in [5, 5.41) is 13.7. The van der Waals surface area contributed by atoms with Crippen LogP contribution in [0.4, 0.5) is 0 Å². The maximum atomic E-state index is 10.3. The molecule has 1 aromatic carbocycles. The topological polar surface area (TPSA) is 41.5 Å². The van der Waals surface area contributed by atoms with Gasteiger partial charge in [-0.2, -0.15) is 0 Å². The fourth-order valence-corrected chi connectivity index (χ4v) is 2.78. The Kier molecular flexibility index (Phi) is 3.04. The van der Waals surface area contributed by atoms with Crippen LogP contribution in [0.15, 0.2) is 18.2 Å². The summed E-state index contributed by atoms with van der Waals surface area (Å²) in [6, 6.07) is 6.33. The molecule has 92 valence electrons. The van der Waals surface area contributed by atoms with Crippen LogP contribution in [0.5, 0.6) is 5.75 Å². The first-order valence-electron chi connectivity index (χ1n) is 6.52. The van der Waals surface area contributed by atoms with Gasteiger partial charge in [-0.05, 0) is 55.5 Å². The molecule has 2 unspecified atom stereocenters. The van der Waals surface area contributed by atoms with Gasteiger partial charge in [-0.15, -0.1) is 0 Å². The standard InChI is InChI=1S/C14H19NO2/c16-14(12-4-1-7-15-12)11-5-6-13-10(9-11)3-2-8-17-13/h5-6,9,12,14-16H,1-4,7-8H2. The van der Waals surface area contributed by atoms with Crippen LogP contribution >= 0.6 is 0 Å². The van der Waals surface area contributed by atoms with Gasteiger partial charge >= 0.3 is 0 Å². The third kappa shape index (κ3) is 2.17. The minimum Gasteiger partial charge on any atom is -0.493 e. The number of nitrogens with one attached hydrogen (secondary N) is 1. The van der Waals surface area contributed by atoms with E-state index in [1.165, 1.54) is 5.56 Å². The first-order valence-corrected chi connectivity index (χ1v) is 6.52. The number of aliphatic hydroxyl groups excluding tert-OH is 1. The zero-order chi connectivity index (χ0) is 11.7. The Morgan fingerprint density at radius 2 is 2.29 bits per heavy atom. The van der Waals surface area contributed by atoms with Gasteiger partial charge in [0, 0.05) is 6.04 Å². The second-order valence-corrected chi connectivity index (χ2v) is 4.97. The predicted molar refractivity (Wildman–Crippen MR) is 66.2 cm³/mol. The van der Waals surface area contributed by atoms with Crippen LogP contribution in [0, 0.1) is 0 Å². The lowest BCUT2D eigenvalue weighted by Gasteiger charge is -2.22. The summed E-state index contributed by atoms with van der Waals surface area (Å²) < 4.78 is 5.59. The average molecular weight is 233 g/mol. The molecule has 2 N–H and O–H groups in total. The highest BCUT2D eigenvalue weighted by molar-refractivity contribution is 5.39. The molecule has 2 aliphatic rings. The average Bonchev–Trinajstić information content (AvgIpc) is 2.91. The maximum absolute atomic E-state index is 10.3. The molecule has 3 heteroatoms. The lowest BCUT2D eigenvalue weighted by Crippen LogP contribution is -2.28. The number of hydrogen-bond acceptors (Lipinski definition) is 3. The third-order valence-corrected chi connectivity index (χ3v) is 3.75. The van der Waals surface area contributed by atoms with E-state index in [0.717, 1.165) is 50.1 Å². The van der Waals surface area contributed by atoms with Crippen molar-refractivity contribution in [2.45, 2.75) is 37.8 Å². The van der Waals surface area contributed by atoms with Crippen molar-refractivity contribution in [1.29, 1.82) is 0 Å². The Bertz CT molecular complexity index is 399. The van der Waals surface area contributed by atoms with E-state index >= 15 is 0 Å². The number of fused-ring (bicyclic) bond motifs is 1. The molecule has 1 saturated heterocycles. The highest BCUT2D eigenvalue weighted by atomic mass is 16.5. The van der Waals surface area contributed by atoms with Crippen molar-refractivity contribution >= 4 is 0 Å². The third-order valence-electron chi connectivity index (χ3n) is 3.75. The van der Waals surface area contributed by atoms with Crippen LogP contribution in [0.1, 0.15) is 36.5 Å². The van der Waals surface area contributed by atoms with E-state index in [9.17, 15) is 5.11 Å². The second-order valence-electron chi connectivity index (χ2n) is 4.97. The maximum Gasteiger partial charge on any atom is 0.122 e. The first kappa shape index (κ1) is 11.1. The van der Waals surface area contributed by atoms with Gasteiger partial charge in [-0.25, -0.2) is 0 Å². The molecular weight excluding hydrogens is 214 g/mol. The minimum atomic E-state index is -0.385. The molecule has 2 atom stereocenters. The zero-order valence-corrected chi connectivity index (χ0v) is 9.98. The molecule has 2 heterocycles. The summed E-state index contributed by atoms with van der Waals surface area (Å²) >= 11 is 0. The molecule has 0 amide bonds. The molecule has 3 nitrogen and oxygen atoms in total. The number of ether oxygens (including phenoxy) is 1. The molecule has 0 saturated carbocycles. The van der Waals surface area contributed by atoms with Crippen molar-refractivity contribution in [1.82, 2.24) is 5.32 Å². The highest BCUT2D eigenvalue weighted by Crippen LogP contribution is 2.30. The van der Waals surface area contributed by atoms with Crippen LogP contribution in [0.3, 0.4) is 0 Å². The molecule has 0 aliphatic carbocycles. The highest BCUT2D eigenvalue weighted by Gasteiger charge is 2.24. The van der Waals surface area contributed by atoms with Crippen LogP contribution in [-0.2, 0) is 6.42 Å². The fraction of sp³-hybridized carbons (Fsp3) is 0.571. The van der Waals surface area contributed by atoms with Gasteiger partial charge in [0.15, 0.2) is 0 Å². The number of benzene rings is 1. The molecule has 1 aromatic rings. The summed E-state index contributed by atoms with van der Waals surface area (Å²) in [5.41, 5.74) is 2.26. The smallest absolute Gasteiger partial charge is 0.122 e. The van der Waals surface area contributed by atoms with E-state index < -0.39 is 0 Å². The molecule has 0 spiro atoms. The number of aliphatic hydroxyl groups is 1. The number of rotatable bonds is 2. The number of aryl methyl sites for hydroxylation is 1. The van der Waals surface area contributed by atoms with Crippen molar-refractivity contribution in [3.8, 4) is 5.75 Å². The summed E-state index contributed by atoms with van der Waals surface area (Å²) in [4.78, 5) is 0. The summed E-state index contributed by atoms with van der Waals surface area (Å²) in [7, 11) is 0. The van der Waals surface area contributed by atoms with Crippen molar-refractivity contribution < 1.29 is 9.84 Å². The van der Waals surface area contributed by atoms with Crippen molar-refractivity contribution in [2.75, 3.05) is 13.2 Å². The molecule has 17 heavy (non-hydrogen) atoms. The summed E-state index contributed by atoms with van der Waals surface area (Å²) in [6.45, 7) is 1.84. The summed E-state index contributed by atoms with van der Waals surface area (Å²) in [6.07, 6.45) is 3.98. The number of hydrogen-bond donors (Lipinski definition) is 2. The molecule has 0 bridgehead atoms. The van der Waals surface area contributed by atoms with Gasteiger partial charge in [0.05, 0.1) is 12.7 Å². The lowest BCUT2D eigenvalue weighted by molar-refractivity contribution is 0.137. The molecular formula is C14H19NO2. The van der Waals surface area contributed by atoms with E-state index in [1.807, 2.05) is 12.1 Å². The van der Waals surface area contributed by atoms with Crippen molar-refractivity contribution in [2.24, 2.45) is 0 Å². The normalized spacial score (nSPS) is 25.1. The SMILES string of the molecule is OC(c1ccc2c(c1)CCCO2)C1CCCN1. The second kappa shape index (κ2) is 4.67. The van der Waals surface area contributed by atoms with Gasteiger partial charge in [-0.3, -0.25) is 0 Å². The van der Waals surface area contributed by atoms with Crippen LogP contribution in [0.2, 0.25) is 0 Å². The van der Waals surface area contributed by atoms with Crippen molar-refractivity contribution in [3.05, 3.63) is 29.3 Å². The van der Waals surface area contributed by atoms with E-state index in [-0.39, 0.29) is 12.1 Å². The van der Waals surface area contributed by atoms with Gasteiger partial charge in [0.1, 0.15) is 5.75 Å². The Morgan fingerprint density at radius 3 is 3.12 bits per heavy atom. The Morgan fingerprint density at radius 1 is 1.35 bits per heavy atom. The largest absolute Gasteiger partial charge is 0.493 e. The Hall–Kier alpha value is -1.06. The molecule has 0 radical (unpaired) electrons. The zero-order valence-electron chi connectivity index (χ0n) is 9.98. The summed E-state index contributed by atoms with van der Waals surface area (Å²) in [5.74, 6) is 0.992. The Balaban J connectivity index is 1.82. The van der Waals surface area contributed by atoms with Gasteiger partial charge < -0.3 is 15.2 Å². The van der Waals surface area contributed by atoms with E-state index in [2.05, 4.69) is 11.4 Å². The van der Waals surface area contributed by atoms with E-state index in [4.69, 9.17) is 4.74 Å². The molecule has 1 fully saturated rings. The van der Waals surface area contributed by atoms with E-state index in [0.29, 0.717) is 0 Å². The van der Waals surface area contributed by atoms with Gasteiger partial charge in [0.25, 0.3) is 0 Å². The molecule has 0 aromatic heterocycles. The van der Waals surface area contributed by atoms with Crippen LogP contribution < -0.4 is 10.1 Å². The van der Waals surface area contributed by atoms with Gasteiger partial charge in [-0.1, -0.05) is 6.07 Å².